The zero-order valence-electron chi connectivity index (χ0n) is 10.0. The number of amides is 1. The van der Waals surface area contributed by atoms with E-state index in [1.165, 1.54) is 0 Å². The smallest absolute Gasteiger partial charge is 0.323 e. The number of hydrogen-bond acceptors (Lipinski definition) is 3. The molecule has 0 aliphatic carbocycles. The second-order valence-corrected chi connectivity index (χ2v) is 3.85. The Morgan fingerprint density at radius 2 is 1.47 bits per heavy atom. The van der Waals surface area contributed by atoms with Crippen molar-refractivity contribution < 1.29 is 24.6 Å². The number of carbonyl (C=O) groups excluding carboxylic acids is 1. The van der Waals surface area contributed by atoms with Crippen molar-refractivity contribution in [2.24, 2.45) is 0 Å². The van der Waals surface area contributed by atoms with E-state index in [4.69, 9.17) is 10.2 Å². The number of nitrogens with zero attached hydrogens (tertiary/aromatic N) is 1. The van der Waals surface area contributed by atoms with E-state index in [-0.39, 0.29) is 6.42 Å². The summed E-state index contributed by atoms with van der Waals surface area (Å²) < 4.78 is 0. The van der Waals surface area contributed by atoms with Gasteiger partial charge in [-0.2, -0.15) is 0 Å². The van der Waals surface area contributed by atoms with Crippen LogP contribution in [-0.2, 0) is 14.4 Å². The van der Waals surface area contributed by atoms with Crippen LogP contribution in [0.1, 0.15) is 39.0 Å². The molecule has 0 aliphatic rings. The summed E-state index contributed by atoms with van der Waals surface area (Å²) in [7, 11) is 0. The van der Waals surface area contributed by atoms with Gasteiger partial charge >= 0.3 is 11.9 Å². The van der Waals surface area contributed by atoms with E-state index < -0.39 is 30.9 Å². The van der Waals surface area contributed by atoms with Gasteiger partial charge in [0.15, 0.2) is 0 Å². The standard InChI is InChI=1S/C11H19NO5/c1-2-3-4-5-6-9(13)12(7-10(14)15)8-11(16)17/h2-8H2,1H3,(H,14,15)(H,16,17). The molecular formula is C11H19NO5. The molecule has 0 saturated carbocycles. The first-order valence-corrected chi connectivity index (χ1v) is 5.68. The summed E-state index contributed by atoms with van der Waals surface area (Å²) in [5.74, 6) is -2.81. The summed E-state index contributed by atoms with van der Waals surface area (Å²) in [5, 5.41) is 17.1. The lowest BCUT2D eigenvalue weighted by atomic mass is 10.1. The molecule has 98 valence electrons. The molecule has 0 aromatic carbocycles. The third kappa shape index (κ3) is 8.24. The van der Waals surface area contributed by atoms with E-state index >= 15 is 0 Å². The molecule has 0 aromatic heterocycles. The molecule has 1 amide bonds. The van der Waals surface area contributed by atoms with Crippen LogP contribution < -0.4 is 0 Å². The summed E-state index contributed by atoms with van der Waals surface area (Å²) >= 11 is 0. The predicted octanol–water partition coefficient (Wildman–Crippen LogP) is 0.955. The van der Waals surface area contributed by atoms with Crippen molar-refractivity contribution in [1.82, 2.24) is 4.90 Å². The zero-order valence-corrected chi connectivity index (χ0v) is 10.0. The van der Waals surface area contributed by atoms with E-state index in [2.05, 4.69) is 0 Å². The number of aliphatic carboxylic acids is 2. The summed E-state index contributed by atoms with van der Waals surface area (Å²) in [6.45, 7) is 0.931. The lowest BCUT2D eigenvalue weighted by Crippen LogP contribution is -2.39. The van der Waals surface area contributed by atoms with E-state index in [9.17, 15) is 14.4 Å². The van der Waals surface area contributed by atoms with Crippen molar-refractivity contribution in [3.05, 3.63) is 0 Å². The number of carboxylic acids is 2. The molecule has 0 aliphatic heterocycles. The molecule has 0 radical (unpaired) electrons. The third-order valence-corrected chi connectivity index (χ3v) is 2.25. The Hall–Kier alpha value is -1.59. The fourth-order valence-corrected chi connectivity index (χ4v) is 1.42. The highest BCUT2D eigenvalue weighted by Crippen LogP contribution is 2.05. The minimum Gasteiger partial charge on any atom is -0.480 e. The first-order chi connectivity index (χ1) is 7.97. The molecule has 2 N–H and O–H groups in total. The van der Waals surface area contributed by atoms with Crippen molar-refractivity contribution in [2.45, 2.75) is 39.0 Å². The van der Waals surface area contributed by atoms with Gasteiger partial charge in [-0.3, -0.25) is 14.4 Å². The van der Waals surface area contributed by atoms with E-state index in [1.54, 1.807) is 0 Å². The topological polar surface area (TPSA) is 94.9 Å². The van der Waals surface area contributed by atoms with Gasteiger partial charge in [0.1, 0.15) is 13.1 Å². The Kier molecular flexibility index (Phi) is 7.75. The molecule has 0 saturated heterocycles. The molecular weight excluding hydrogens is 226 g/mol. The van der Waals surface area contributed by atoms with Gasteiger partial charge in [-0.15, -0.1) is 0 Å². The SMILES string of the molecule is CCCCCCC(=O)N(CC(=O)O)CC(=O)O. The van der Waals surface area contributed by atoms with Crippen LogP contribution in [0.3, 0.4) is 0 Å². The van der Waals surface area contributed by atoms with Crippen LogP contribution in [0.5, 0.6) is 0 Å². The van der Waals surface area contributed by atoms with Gasteiger partial charge in [0.05, 0.1) is 0 Å². The van der Waals surface area contributed by atoms with Crippen molar-refractivity contribution >= 4 is 17.8 Å². The molecule has 6 heteroatoms. The second kappa shape index (κ2) is 8.55. The quantitative estimate of drug-likeness (QED) is 0.590. The molecule has 0 unspecified atom stereocenters. The Labute approximate surface area is 100 Å². The molecule has 0 rings (SSSR count). The molecule has 0 heterocycles. The second-order valence-electron chi connectivity index (χ2n) is 3.85. The summed E-state index contributed by atoms with van der Waals surface area (Å²) in [4.78, 5) is 33.4. The number of hydrogen-bond donors (Lipinski definition) is 2. The van der Waals surface area contributed by atoms with Gasteiger partial charge in [-0.05, 0) is 6.42 Å². The monoisotopic (exact) mass is 245 g/mol. The van der Waals surface area contributed by atoms with Crippen LogP contribution in [0.25, 0.3) is 0 Å². The van der Waals surface area contributed by atoms with Gasteiger partial charge in [-0.1, -0.05) is 26.2 Å². The lowest BCUT2D eigenvalue weighted by Gasteiger charge is -2.18. The largest absolute Gasteiger partial charge is 0.480 e. The van der Waals surface area contributed by atoms with Gasteiger partial charge in [0, 0.05) is 6.42 Å². The van der Waals surface area contributed by atoms with Crippen LogP contribution in [0.15, 0.2) is 0 Å². The Morgan fingerprint density at radius 1 is 0.941 bits per heavy atom. The number of carboxylic acid groups (broad SMARTS) is 2. The molecule has 17 heavy (non-hydrogen) atoms. The molecule has 0 fully saturated rings. The minimum atomic E-state index is -1.20. The number of carbonyl (C=O) groups is 3. The number of unbranched alkanes of at least 4 members (excludes halogenated alkanes) is 3. The molecule has 0 spiro atoms. The van der Waals surface area contributed by atoms with Gasteiger partial charge in [0.2, 0.25) is 5.91 Å². The fourth-order valence-electron chi connectivity index (χ4n) is 1.42. The average molecular weight is 245 g/mol. The van der Waals surface area contributed by atoms with Gasteiger partial charge in [-0.25, -0.2) is 0 Å². The summed E-state index contributed by atoms with van der Waals surface area (Å²) in [5.41, 5.74) is 0. The zero-order chi connectivity index (χ0) is 13.3. The van der Waals surface area contributed by atoms with Gasteiger partial charge in [0.25, 0.3) is 0 Å². The van der Waals surface area contributed by atoms with Crippen molar-refractivity contribution in [3.8, 4) is 0 Å². The maximum absolute atomic E-state index is 11.6. The first kappa shape index (κ1) is 15.4. The van der Waals surface area contributed by atoms with Crippen molar-refractivity contribution in [3.63, 3.8) is 0 Å². The van der Waals surface area contributed by atoms with E-state index in [1.807, 2.05) is 6.92 Å². The summed E-state index contributed by atoms with van der Waals surface area (Å²) in [6.07, 6.45) is 3.84. The molecule has 0 atom stereocenters. The van der Waals surface area contributed by atoms with Crippen LogP contribution in [0.4, 0.5) is 0 Å². The normalized spacial score (nSPS) is 9.94. The first-order valence-electron chi connectivity index (χ1n) is 5.68. The molecule has 6 nitrogen and oxygen atoms in total. The van der Waals surface area contributed by atoms with Gasteiger partial charge < -0.3 is 15.1 Å². The number of rotatable bonds is 9. The van der Waals surface area contributed by atoms with Crippen LogP contribution >= 0.6 is 0 Å². The average Bonchev–Trinajstić information content (AvgIpc) is 2.22. The van der Waals surface area contributed by atoms with Crippen LogP contribution in [0.2, 0.25) is 0 Å². The highest BCUT2D eigenvalue weighted by molar-refractivity contribution is 5.85. The van der Waals surface area contributed by atoms with E-state index in [0.717, 1.165) is 24.2 Å². The Morgan fingerprint density at radius 3 is 1.88 bits per heavy atom. The lowest BCUT2D eigenvalue weighted by molar-refractivity contribution is -0.149. The maximum Gasteiger partial charge on any atom is 0.323 e. The van der Waals surface area contributed by atoms with Crippen LogP contribution in [0, 0.1) is 0 Å². The van der Waals surface area contributed by atoms with E-state index in [0.29, 0.717) is 6.42 Å². The third-order valence-electron chi connectivity index (χ3n) is 2.25. The molecule has 0 aromatic rings. The Balaban J connectivity index is 4.12. The maximum atomic E-state index is 11.6. The highest BCUT2D eigenvalue weighted by Gasteiger charge is 2.18. The highest BCUT2D eigenvalue weighted by atomic mass is 16.4. The summed E-state index contributed by atoms with van der Waals surface area (Å²) in [6, 6.07) is 0. The van der Waals surface area contributed by atoms with Crippen molar-refractivity contribution in [2.75, 3.05) is 13.1 Å². The minimum absolute atomic E-state index is 0.209. The van der Waals surface area contributed by atoms with Crippen molar-refractivity contribution in [1.29, 1.82) is 0 Å². The Bertz CT molecular complexity index is 261. The predicted molar refractivity (Wildman–Crippen MR) is 60.6 cm³/mol. The fraction of sp³-hybridized carbons (Fsp3) is 0.727. The molecule has 0 bridgehead atoms. The van der Waals surface area contributed by atoms with Crippen LogP contribution in [-0.4, -0.2) is 46.0 Å².